The first-order valence-electron chi connectivity index (χ1n) is 7.60. The Kier molecular flexibility index (Phi) is 6.11. The zero-order valence-electron chi connectivity index (χ0n) is 13.7. The molecule has 1 amide bonds. The van der Waals surface area contributed by atoms with Crippen molar-refractivity contribution in [2.45, 2.75) is 6.92 Å². The van der Waals surface area contributed by atoms with Crippen LogP contribution in [0.4, 0.5) is 11.4 Å². The smallest absolute Gasteiger partial charge is 0.340 e. The van der Waals surface area contributed by atoms with E-state index in [9.17, 15) is 14.4 Å². The lowest BCUT2D eigenvalue weighted by Gasteiger charge is -2.08. The lowest BCUT2D eigenvalue weighted by atomic mass is 10.2. The molecular weight excluding hydrogens is 324 g/mol. The SMILES string of the molecule is CCOC(=O)c1ccc(NC(=O)COC(=O)c2ccccc2N)cc1. The van der Waals surface area contributed by atoms with Gasteiger partial charge in [0.1, 0.15) is 0 Å². The number of esters is 2. The number of carbonyl (C=O) groups is 3. The molecule has 0 aromatic heterocycles. The standard InChI is InChI=1S/C18H18N2O5/c1-2-24-17(22)12-7-9-13(10-8-12)20-16(21)11-25-18(23)14-5-3-4-6-15(14)19/h3-10H,2,11,19H2,1H3,(H,20,21). The van der Waals surface area contributed by atoms with Crippen LogP contribution in [-0.2, 0) is 14.3 Å². The minimum absolute atomic E-state index is 0.203. The Balaban J connectivity index is 1.87. The maximum atomic E-state index is 11.9. The van der Waals surface area contributed by atoms with Gasteiger partial charge < -0.3 is 20.5 Å². The van der Waals surface area contributed by atoms with Crippen molar-refractivity contribution in [1.82, 2.24) is 0 Å². The molecule has 0 unspecified atom stereocenters. The fraction of sp³-hybridized carbons (Fsp3) is 0.167. The number of hydrogen-bond acceptors (Lipinski definition) is 6. The van der Waals surface area contributed by atoms with E-state index >= 15 is 0 Å². The summed E-state index contributed by atoms with van der Waals surface area (Å²) in [7, 11) is 0. The van der Waals surface area contributed by atoms with Gasteiger partial charge in [-0.25, -0.2) is 9.59 Å². The van der Waals surface area contributed by atoms with Crippen LogP contribution >= 0.6 is 0 Å². The van der Waals surface area contributed by atoms with Crippen LogP contribution in [0.15, 0.2) is 48.5 Å². The van der Waals surface area contributed by atoms with Crippen LogP contribution in [0.1, 0.15) is 27.6 Å². The van der Waals surface area contributed by atoms with Crippen LogP contribution in [-0.4, -0.2) is 31.1 Å². The van der Waals surface area contributed by atoms with Gasteiger partial charge in [0.2, 0.25) is 0 Å². The van der Waals surface area contributed by atoms with Crippen LogP contribution in [0.25, 0.3) is 0 Å². The molecule has 0 spiro atoms. The number of nitrogens with one attached hydrogen (secondary N) is 1. The summed E-state index contributed by atoms with van der Waals surface area (Å²) in [6.45, 7) is 1.55. The second-order valence-electron chi connectivity index (χ2n) is 5.01. The molecule has 25 heavy (non-hydrogen) atoms. The van der Waals surface area contributed by atoms with E-state index < -0.39 is 24.5 Å². The number of benzene rings is 2. The zero-order valence-corrected chi connectivity index (χ0v) is 13.7. The van der Waals surface area contributed by atoms with Crippen LogP contribution < -0.4 is 11.1 Å². The number of para-hydroxylation sites is 1. The fourth-order valence-corrected chi connectivity index (χ4v) is 1.99. The maximum Gasteiger partial charge on any atom is 0.340 e. The number of anilines is 2. The molecule has 0 saturated heterocycles. The quantitative estimate of drug-likeness (QED) is 0.616. The Hall–Kier alpha value is -3.35. The molecule has 7 nitrogen and oxygen atoms in total. The number of rotatable bonds is 6. The monoisotopic (exact) mass is 342 g/mol. The third-order valence-corrected chi connectivity index (χ3v) is 3.19. The zero-order chi connectivity index (χ0) is 18.2. The highest BCUT2D eigenvalue weighted by atomic mass is 16.5. The van der Waals surface area contributed by atoms with E-state index in [1.165, 1.54) is 18.2 Å². The van der Waals surface area contributed by atoms with Crippen LogP contribution in [0, 0.1) is 0 Å². The summed E-state index contributed by atoms with van der Waals surface area (Å²) in [5.41, 5.74) is 7.00. The first kappa shape index (κ1) is 18.0. The average Bonchev–Trinajstić information content (AvgIpc) is 2.61. The van der Waals surface area contributed by atoms with E-state index in [1.807, 2.05) is 0 Å². The van der Waals surface area contributed by atoms with E-state index in [1.54, 1.807) is 37.3 Å². The van der Waals surface area contributed by atoms with E-state index in [-0.39, 0.29) is 17.9 Å². The first-order chi connectivity index (χ1) is 12.0. The van der Waals surface area contributed by atoms with Crippen molar-refractivity contribution < 1.29 is 23.9 Å². The number of nitrogens with two attached hydrogens (primary N) is 1. The molecule has 0 aliphatic rings. The van der Waals surface area contributed by atoms with Crippen molar-refractivity contribution in [3.63, 3.8) is 0 Å². The van der Waals surface area contributed by atoms with Gasteiger partial charge >= 0.3 is 11.9 Å². The largest absolute Gasteiger partial charge is 0.462 e. The molecular formula is C18H18N2O5. The van der Waals surface area contributed by atoms with Crippen molar-refractivity contribution >= 4 is 29.2 Å². The molecule has 2 rings (SSSR count). The van der Waals surface area contributed by atoms with E-state index in [0.29, 0.717) is 11.3 Å². The molecule has 0 heterocycles. The van der Waals surface area contributed by atoms with Crippen molar-refractivity contribution in [3.8, 4) is 0 Å². The molecule has 0 aliphatic heterocycles. The van der Waals surface area contributed by atoms with Gasteiger partial charge in [-0.2, -0.15) is 0 Å². The molecule has 2 aromatic rings. The molecule has 0 bridgehead atoms. The fourth-order valence-electron chi connectivity index (χ4n) is 1.99. The van der Waals surface area contributed by atoms with Gasteiger partial charge in [0, 0.05) is 11.4 Å². The molecule has 130 valence electrons. The summed E-state index contributed by atoms with van der Waals surface area (Å²) in [4.78, 5) is 35.3. The van der Waals surface area contributed by atoms with Gasteiger partial charge in [0.25, 0.3) is 5.91 Å². The third-order valence-electron chi connectivity index (χ3n) is 3.19. The predicted molar refractivity (Wildman–Crippen MR) is 92.2 cm³/mol. The number of nitrogen functional groups attached to an aromatic ring is 1. The highest BCUT2D eigenvalue weighted by Crippen LogP contribution is 2.13. The minimum atomic E-state index is -0.675. The van der Waals surface area contributed by atoms with Gasteiger partial charge in [-0.15, -0.1) is 0 Å². The van der Waals surface area contributed by atoms with Gasteiger partial charge in [0.05, 0.1) is 17.7 Å². The lowest BCUT2D eigenvalue weighted by molar-refractivity contribution is -0.119. The Morgan fingerprint density at radius 1 is 0.960 bits per heavy atom. The Morgan fingerprint density at radius 2 is 1.64 bits per heavy atom. The molecule has 3 N–H and O–H groups in total. The summed E-state index contributed by atoms with van der Waals surface area (Å²) in [6, 6.07) is 12.6. The van der Waals surface area contributed by atoms with E-state index in [2.05, 4.69) is 5.32 Å². The second-order valence-corrected chi connectivity index (χ2v) is 5.01. The minimum Gasteiger partial charge on any atom is -0.462 e. The average molecular weight is 342 g/mol. The molecule has 0 aliphatic carbocycles. The van der Waals surface area contributed by atoms with E-state index in [4.69, 9.17) is 15.2 Å². The normalized spacial score (nSPS) is 9.96. The predicted octanol–water partition coefficient (Wildman–Crippen LogP) is 2.24. The Morgan fingerprint density at radius 3 is 2.28 bits per heavy atom. The van der Waals surface area contributed by atoms with E-state index in [0.717, 1.165) is 0 Å². The Labute approximate surface area is 144 Å². The van der Waals surface area contributed by atoms with Crippen LogP contribution in [0.3, 0.4) is 0 Å². The molecule has 0 atom stereocenters. The number of hydrogen-bond donors (Lipinski definition) is 2. The highest BCUT2D eigenvalue weighted by molar-refractivity contribution is 5.98. The summed E-state index contributed by atoms with van der Waals surface area (Å²) in [5, 5.41) is 2.56. The molecule has 0 saturated carbocycles. The first-order valence-corrected chi connectivity index (χ1v) is 7.60. The van der Waals surface area contributed by atoms with Crippen molar-refractivity contribution in [1.29, 1.82) is 0 Å². The summed E-state index contributed by atoms with van der Waals surface area (Å²) >= 11 is 0. The maximum absolute atomic E-state index is 11.9. The number of amides is 1. The summed E-state index contributed by atoms with van der Waals surface area (Å²) < 4.78 is 9.80. The number of carbonyl (C=O) groups excluding carboxylic acids is 3. The third kappa shape index (κ3) is 5.07. The molecule has 0 fully saturated rings. The second kappa shape index (κ2) is 8.49. The molecule has 7 heteroatoms. The summed E-state index contributed by atoms with van der Waals surface area (Å²) in [6.07, 6.45) is 0. The molecule has 2 aromatic carbocycles. The van der Waals surface area contributed by atoms with Crippen molar-refractivity contribution in [2.24, 2.45) is 0 Å². The van der Waals surface area contributed by atoms with Gasteiger partial charge in [0.15, 0.2) is 6.61 Å². The van der Waals surface area contributed by atoms with Gasteiger partial charge in [-0.1, -0.05) is 12.1 Å². The lowest BCUT2D eigenvalue weighted by Crippen LogP contribution is -2.21. The van der Waals surface area contributed by atoms with Crippen LogP contribution in [0.5, 0.6) is 0 Å². The number of ether oxygens (including phenoxy) is 2. The van der Waals surface area contributed by atoms with Crippen LogP contribution in [0.2, 0.25) is 0 Å². The van der Waals surface area contributed by atoms with Crippen molar-refractivity contribution in [2.75, 3.05) is 24.3 Å². The topological polar surface area (TPSA) is 108 Å². The van der Waals surface area contributed by atoms with Gasteiger partial charge in [-0.05, 0) is 43.3 Å². The van der Waals surface area contributed by atoms with Gasteiger partial charge in [-0.3, -0.25) is 4.79 Å². The van der Waals surface area contributed by atoms with Crippen molar-refractivity contribution in [3.05, 3.63) is 59.7 Å². The highest BCUT2D eigenvalue weighted by Gasteiger charge is 2.13. The molecule has 0 radical (unpaired) electrons. The Bertz CT molecular complexity index is 771. The summed E-state index contributed by atoms with van der Waals surface area (Å²) in [5.74, 6) is -1.62.